The highest BCUT2D eigenvalue weighted by molar-refractivity contribution is 7.92. The maximum Gasteiger partial charge on any atom is 0.253 e. The van der Waals surface area contributed by atoms with Crippen molar-refractivity contribution in [1.29, 1.82) is 0 Å². The molecule has 2 aliphatic heterocycles. The topological polar surface area (TPSA) is 92.8 Å². The number of sulfone groups is 1. The molecular weight excluding hydrogens is 356 g/mol. The van der Waals surface area contributed by atoms with Gasteiger partial charge in [-0.1, -0.05) is 18.7 Å². The first kappa shape index (κ1) is 18.6. The highest BCUT2D eigenvalue weighted by Gasteiger charge is 2.53. The van der Waals surface area contributed by atoms with Crippen LogP contribution in [0.2, 0.25) is 0 Å². The largest absolute Gasteiger partial charge is 0.380 e. The van der Waals surface area contributed by atoms with Gasteiger partial charge in [0.15, 0.2) is 9.84 Å². The Balaban J connectivity index is 1.67. The number of methoxy groups -OCH3 is 1. The third kappa shape index (κ3) is 3.52. The number of hydrogen-bond donors (Lipinski definition) is 1. The normalized spacial score (nSPS) is 26.3. The van der Waals surface area contributed by atoms with Crippen molar-refractivity contribution in [3.05, 3.63) is 48.0 Å². The number of fused-ring (bicyclic) bond motifs is 1. The minimum absolute atomic E-state index is 0.0337. The molecule has 26 heavy (non-hydrogen) atoms. The molecule has 0 bridgehead atoms. The van der Waals surface area contributed by atoms with E-state index in [9.17, 15) is 18.0 Å². The van der Waals surface area contributed by atoms with Crippen molar-refractivity contribution in [3.8, 4) is 0 Å². The van der Waals surface area contributed by atoms with Gasteiger partial charge in [-0.2, -0.15) is 0 Å². The molecule has 1 N–H and O–H groups in total. The lowest BCUT2D eigenvalue weighted by molar-refractivity contribution is -0.116. The monoisotopic (exact) mass is 378 g/mol. The quantitative estimate of drug-likeness (QED) is 0.748. The average molecular weight is 378 g/mol. The number of benzene rings is 1. The molecule has 8 heteroatoms. The summed E-state index contributed by atoms with van der Waals surface area (Å²) < 4.78 is 29.8. The van der Waals surface area contributed by atoms with E-state index < -0.39 is 15.1 Å². The molecule has 1 aromatic carbocycles. The van der Waals surface area contributed by atoms with E-state index in [1.165, 1.54) is 13.2 Å². The summed E-state index contributed by atoms with van der Waals surface area (Å²) in [6.45, 7) is 4.33. The molecule has 2 heterocycles. The molecular formula is C18H22N2O5S. The van der Waals surface area contributed by atoms with Crippen LogP contribution in [-0.2, 0) is 25.9 Å². The summed E-state index contributed by atoms with van der Waals surface area (Å²) in [5.74, 6) is -0.581. The molecule has 3 atom stereocenters. The molecule has 7 nitrogen and oxygen atoms in total. The molecule has 140 valence electrons. The minimum atomic E-state index is -3.23. The van der Waals surface area contributed by atoms with Crippen molar-refractivity contribution in [2.75, 3.05) is 26.0 Å². The number of nitrogens with zero attached hydrogens (tertiary/aromatic N) is 1. The Morgan fingerprint density at radius 3 is 2.62 bits per heavy atom. The summed E-state index contributed by atoms with van der Waals surface area (Å²) in [6.07, 6.45) is 0.849. The van der Waals surface area contributed by atoms with Crippen molar-refractivity contribution >= 4 is 21.7 Å². The maximum atomic E-state index is 12.7. The van der Waals surface area contributed by atoms with Gasteiger partial charge < -0.3 is 15.0 Å². The molecule has 1 aromatic rings. The van der Waals surface area contributed by atoms with Gasteiger partial charge in [0.1, 0.15) is 0 Å². The predicted octanol–water partition coefficient (Wildman–Crippen LogP) is 0.373. The second kappa shape index (κ2) is 7.20. The lowest BCUT2D eigenvalue weighted by Crippen LogP contribution is -2.33. The van der Waals surface area contributed by atoms with E-state index in [-0.39, 0.29) is 36.1 Å². The summed E-state index contributed by atoms with van der Waals surface area (Å²) in [5, 5.41) is 2.13. The molecule has 2 fully saturated rings. The van der Waals surface area contributed by atoms with Crippen LogP contribution in [0, 0.1) is 5.92 Å². The third-order valence-corrected chi connectivity index (χ3v) is 7.30. The first-order valence-electron chi connectivity index (χ1n) is 8.38. The average Bonchev–Trinajstić information content (AvgIpc) is 3.18. The van der Waals surface area contributed by atoms with Gasteiger partial charge in [-0.3, -0.25) is 9.59 Å². The van der Waals surface area contributed by atoms with Gasteiger partial charge in [0.2, 0.25) is 5.91 Å². The zero-order valence-corrected chi connectivity index (χ0v) is 15.4. The van der Waals surface area contributed by atoms with Crippen LogP contribution in [0.5, 0.6) is 0 Å². The molecule has 0 unspecified atom stereocenters. The van der Waals surface area contributed by atoms with E-state index >= 15 is 0 Å². The van der Waals surface area contributed by atoms with Crippen molar-refractivity contribution in [2.45, 2.75) is 17.9 Å². The Bertz CT molecular complexity index is 818. The van der Waals surface area contributed by atoms with Crippen molar-refractivity contribution in [1.82, 2.24) is 10.2 Å². The summed E-state index contributed by atoms with van der Waals surface area (Å²) in [4.78, 5) is 25.5. The number of carbonyl (C=O) groups excluding carboxylic acids is 2. The standard InChI is InChI=1S/C18H22N2O5S/c1-3-17(21)19-8-12-4-6-13(7-5-12)18(22)20-9-14-15(25-2)11-26(23,24)16(14)10-20/h3-7,14-16H,1,8-11H2,2H3,(H,19,21)/t14-,15-,16-/m1/s1. The lowest BCUT2D eigenvalue weighted by Gasteiger charge is -2.19. The maximum absolute atomic E-state index is 12.7. The van der Waals surface area contributed by atoms with E-state index in [0.29, 0.717) is 18.7 Å². The van der Waals surface area contributed by atoms with Crippen LogP contribution in [-0.4, -0.2) is 62.4 Å². The van der Waals surface area contributed by atoms with Gasteiger partial charge in [-0.05, 0) is 23.8 Å². The summed E-state index contributed by atoms with van der Waals surface area (Å²) in [5.41, 5.74) is 1.35. The fourth-order valence-electron chi connectivity index (χ4n) is 3.63. The van der Waals surface area contributed by atoms with Crippen molar-refractivity contribution < 1.29 is 22.7 Å². The van der Waals surface area contributed by atoms with E-state index in [2.05, 4.69) is 11.9 Å². The number of likely N-dealkylation sites (tertiary alicyclic amines) is 1. The highest BCUT2D eigenvalue weighted by Crippen LogP contribution is 2.35. The molecule has 2 aliphatic rings. The highest BCUT2D eigenvalue weighted by atomic mass is 32.2. The summed E-state index contributed by atoms with van der Waals surface area (Å²) in [6, 6.07) is 6.91. The Kier molecular flexibility index (Phi) is 5.15. The van der Waals surface area contributed by atoms with Crippen LogP contribution in [0.1, 0.15) is 15.9 Å². The number of carbonyl (C=O) groups is 2. The molecule has 0 spiro atoms. The molecule has 0 aromatic heterocycles. The van der Waals surface area contributed by atoms with Gasteiger partial charge in [-0.25, -0.2) is 8.42 Å². The van der Waals surface area contributed by atoms with Crippen molar-refractivity contribution in [2.24, 2.45) is 5.92 Å². The van der Waals surface area contributed by atoms with Gasteiger partial charge in [0.05, 0.1) is 17.1 Å². The minimum Gasteiger partial charge on any atom is -0.380 e. The first-order chi connectivity index (χ1) is 12.4. The van der Waals surface area contributed by atoms with Crippen LogP contribution in [0.15, 0.2) is 36.9 Å². The van der Waals surface area contributed by atoms with Gasteiger partial charge in [0, 0.05) is 38.2 Å². The number of ether oxygens (including phenoxy) is 1. The number of rotatable bonds is 5. The van der Waals surface area contributed by atoms with E-state index in [4.69, 9.17) is 4.74 Å². The molecule has 0 aliphatic carbocycles. The van der Waals surface area contributed by atoms with Crippen LogP contribution in [0.4, 0.5) is 0 Å². The zero-order chi connectivity index (χ0) is 18.9. The van der Waals surface area contributed by atoms with Gasteiger partial charge in [-0.15, -0.1) is 0 Å². The summed E-state index contributed by atoms with van der Waals surface area (Å²) in [7, 11) is -1.71. The molecule has 2 saturated heterocycles. The third-order valence-electron chi connectivity index (χ3n) is 5.09. The van der Waals surface area contributed by atoms with Gasteiger partial charge in [0.25, 0.3) is 5.91 Å². The van der Waals surface area contributed by atoms with Crippen LogP contribution >= 0.6 is 0 Å². The van der Waals surface area contributed by atoms with E-state index in [1.807, 2.05) is 0 Å². The molecule has 2 amide bonds. The van der Waals surface area contributed by atoms with Crippen LogP contribution in [0.3, 0.4) is 0 Å². The summed E-state index contributed by atoms with van der Waals surface area (Å²) >= 11 is 0. The van der Waals surface area contributed by atoms with Gasteiger partial charge >= 0.3 is 0 Å². The Morgan fingerprint density at radius 2 is 2.00 bits per heavy atom. The van der Waals surface area contributed by atoms with E-state index in [0.717, 1.165) is 5.56 Å². The van der Waals surface area contributed by atoms with Crippen molar-refractivity contribution in [3.63, 3.8) is 0 Å². The lowest BCUT2D eigenvalue weighted by atomic mass is 10.0. The Morgan fingerprint density at radius 1 is 1.31 bits per heavy atom. The predicted molar refractivity (Wildman–Crippen MR) is 96.3 cm³/mol. The van der Waals surface area contributed by atoms with Crippen LogP contribution in [0.25, 0.3) is 0 Å². The first-order valence-corrected chi connectivity index (χ1v) is 10.1. The Hall–Kier alpha value is -2.19. The molecule has 0 radical (unpaired) electrons. The van der Waals surface area contributed by atoms with Crippen LogP contribution < -0.4 is 5.32 Å². The number of nitrogens with one attached hydrogen (secondary N) is 1. The second-order valence-electron chi connectivity index (χ2n) is 6.63. The second-order valence-corrected chi connectivity index (χ2v) is 8.90. The molecule has 0 saturated carbocycles. The van der Waals surface area contributed by atoms with E-state index in [1.54, 1.807) is 29.2 Å². The smallest absolute Gasteiger partial charge is 0.253 e. The zero-order valence-electron chi connectivity index (χ0n) is 14.6. The number of amides is 2. The molecule has 3 rings (SSSR count). The Labute approximate surface area is 152 Å². The fourth-order valence-corrected chi connectivity index (χ4v) is 5.92. The number of hydrogen-bond acceptors (Lipinski definition) is 5. The fraction of sp³-hybridized carbons (Fsp3) is 0.444. The SMILES string of the molecule is C=CC(=O)NCc1ccc(C(=O)N2C[C@H]3[C@@H](C2)S(=O)(=O)C[C@H]3OC)cc1.